The lowest BCUT2D eigenvalue weighted by molar-refractivity contribution is 0.284. The summed E-state index contributed by atoms with van der Waals surface area (Å²) in [6, 6.07) is 4.26. The zero-order chi connectivity index (χ0) is 10.8. The molecule has 3 heteroatoms. The molecule has 15 heavy (non-hydrogen) atoms. The average Bonchev–Trinajstić information content (AvgIpc) is 2.65. The first kappa shape index (κ1) is 11.9. The first-order chi connectivity index (χ1) is 7.16. The summed E-state index contributed by atoms with van der Waals surface area (Å²) in [5, 5.41) is 0.230. The first-order valence-corrected chi connectivity index (χ1v) is 7.60. The summed E-state index contributed by atoms with van der Waals surface area (Å²) in [6.07, 6.45) is 5.29. The lowest BCUT2D eigenvalue weighted by Crippen LogP contribution is -2.15. The Morgan fingerprint density at radius 3 is 2.53 bits per heavy atom. The van der Waals surface area contributed by atoms with Crippen LogP contribution >= 0.6 is 38.9 Å². The maximum atomic E-state index is 6.54. The third-order valence-corrected chi connectivity index (χ3v) is 5.77. The summed E-state index contributed by atoms with van der Waals surface area (Å²) >= 11 is 11.8. The van der Waals surface area contributed by atoms with E-state index in [1.54, 1.807) is 11.3 Å². The van der Waals surface area contributed by atoms with Crippen molar-refractivity contribution in [2.45, 2.75) is 38.0 Å². The smallest absolute Gasteiger partial charge is 0.0707 e. The standard InChI is InChI=1S/C12H16BrClS/c1-8-2-4-9(5-3-8)12(14)10-6-7-11(13)15-10/h6-9,12H,2-5H2,1H3. The Morgan fingerprint density at radius 2 is 2.00 bits per heavy atom. The predicted octanol–water partition coefficient (Wildman–Crippen LogP) is 5.62. The molecule has 0 bridgehead atoms. The van der Waals surface area contributed by atoms with E-state index < -0.39 is 0 Å². The van der Waals surface area contributed by atoms with Crippen molar-refractivity contribution in [3.05, 3.63) is 20.8 Å². The van der Waals surface area contributed by atoms with E-state index in [1.807, 2.05) is 0 Å². The quantitative estimate of drug-likeness (QED) is 0.622. The minimum atomic E-state index is 0.230. The fourth-order valence-electron chi connectivity index (χ4n) is 2.29. The molecule has 1 aliphatic carbocycles. The van der Waals surface area contributed by atoms with Crippen molar-refractivity contribution in [3.63, 3.8) is 0 Å². The van der Waals surface area contributed by atoms with Crippen LogP contribution in [0, 0.1) is 11.8 Å². The third kappa shape index (κ3) is 2.98. The Bertz CT molecular complexity index is 315. The van der Waals surface area contributed by atoms with Crippen LogP contribution in [0.15, 0.2) is 15.9 Å². The summed E-state index contributed by atoms with van der Waals surface area (Å²) in [5.74, 6) is 1.59. The van der Waals surface area contributed by atoms with E-state index in [9.17, 15) is 0 Å². The van der Waals surface area contributed by atoms with E-state index in [4.69, 9.17) is 11.6 Å². The summed E-state index contributed by atoms with van der Waals surface area (Å²) in [7, 11) is 0. The minimum absolute atomic E-state index is 0.230. The Labute approximate surface area is 109 Å². The highest BCUT2D eigenvalue weighted by atomic mass is 79.9. The maximum Gasteiger partial charge on any atom is 0.0707 e. The van der Waals surface area contributed by atoms with Crippen LogP contribution in [-0.4, -0.2) is 0 Å². The molecule has 1 atom stereocenters. The van der Waals surface area contributed by atoms with Gasteiger partial charge in [-0.15, -0.1) is 22.9 Å². The molecule has 1 unspecified atom stereocenters. The summed E-state index contributed by atoms with van der Waals surface area (Å²) in [6.45, 7) is 2.35. The molecule has 0 N–H and O–H groups in total. The Kier molecular flexibility index (Phi) is 4.14. The molecule has 1 aromatic rings. The van der Waals surface area contributed by atoms with E-state index in [-0.39, 0.29) is 5.38 Å². The lowest BCUT2D eigenvalue weighted by atomic mass is 9.81. The van der Waals surface area contributed by atoms with Gasteiger partial charge in [-0.05, 0) is 52.7 Å². The van der Waals surface area contributed by atoms with Crippen molar-refractivity contribution in [1.82, 2.24) is 0 Å². The van der Waals surface area contributed by atoms with Gasteiger partial charge in [-0.3, -0.25) is 0 Å². The van der Waals surface area contributed by atoms with Crippen molar-refractivity contribution in [2.24, 2.45) is 11.8 Å². The molecule has 1 heterocycles. The predicted molar refractivity (Wildman–Crippen MR) is 71.7 cm³/mol. The van der Waals surface area contributed by atoms with Crippen LogP contribution in [0.2, 0.25) is 0 Å². The van der Waals surface area contributed by atoms with Crippen molar-refractivity contribution in [2.75, 3.05) is 0 Å². The zero-order valence-corrected chi connectivity index (χ0v) is 12.0. The molecule has 0 amide bonds. The molecule has 0 spiro atoms. The van der Waals surface area contributed by atoms with E-state index in [2.05, 4.69) is 35.0 Å². The number of rotatable bonds is 2. The highest BCUT2D eigenvalue weighted by Crippen LogP contribution is 2.43. The van der Waals surface area contributed by atoms with Crippen LogP contribution < -0.4 is 0 Å². The highest BCUT2D eigenvalue weighted by Gasteiger charge is 2.26. The summed E-state index contributed by atoms with van der Waals surface area (Å²) in [4.78, 5) is 1.32. The molecular weight excluding hydrogens is 292 g/mol. The van der Waals surface area contributed by atoms with Gasteiger partial charge in [-0.1, -0.05) is 19.8 Å². The average molecular weight is 308 g/mol. The second kappa shape index (κ2) is 5.20. The van der Waals surface area contributed by atoms with Crippen molar-refractivity contribution in [1.29, 1.82) is 0 Å². The number of hydrogen-bond acceptors (Lipinski definition) is 1. The van der Waals surface area contributed by atoms with Gasteiger partial charge in [0.05, 0.1) is 9.16 Å². The van der Waals surface area contributed by atoms with Crippen LogP contribution in [-0.2, 0) is 0 Å². The van der Waals surface area contributed by atoms with Crippen LogP contribution in [0.1, 0.15) is 42.9 Å². The van der Waals surface area contributed by atoms with Crippen LogP contribution in [0.5, 0.6) is 0 Å². The molecule has 0 saturated heterocycles. The number of alkyl halides is 1. The number of hydrogen-bond donors (Lipinski definition) is 0. The molecular formula is C12H16BrClS. The van der Waals surface area contributed by atoms with Gasteiger partial charge >= 0.3 is 0 Å². The zero-order valence-electron chi connectivity index (χ0n) is 8.88. The van der Waals surface area contributed by atoms with E-state index in [1.165, 1.54) is 34.3 Å². The molecule has 1 aromatic heterocycles. The van der Waals surface area contributed by atoms with Gasteiger partial charge in [0.15, 0.2) is 0 Å². The number of thiophene rings is 1. The second-order valence-corrected chi connectivity index (χ2v) is 7.53. The molecule has 0 aromatic carbocycles. The largest absolute Gasteiger partial charge is 0.132 e. The molecule has 84 valence electrons. The van der Waals surface area contributed by atoms with Crippen molar-refractivity contribution < 1.29 is 0 Å². The van der Waals surface area contributed by atoms with Crippen molar-refractivity contribution >= 4 is 38.9 Å². The molecule has 2 rings (SSSR count). The van der Waals surface area contributed by atoms with Gasteiger partial charge in [0, 0.05) is 4.88 Å². The fourth-order valence-corrected chi connectivity index (χ4v) is 4.24. The molecule has 0 radical (unpaired) electrons. The maximum absolute atomic E-state index is 6.54. The van der Waals surface area contributed by atoms with Crippen LogP contribution in [0.3, 0.4) is 0 Å². The topological polar surface area (TPSA) is 0 Å². The third-order valence-electron chi connectivity index (χ3n) is 3.34. The monoisotopic (exact) mass is 306 g/mol. The summed E-state index contributed by atoms with van der Waals surface area (Å²) < 4.78 is 1.19. The highest BCUT2D eigenvalue weighted by molar-refractivity contribution is 9.11. The van der Waals surface area contributed by atoms with Gasteiger partial charge in [0.2, 0.25) is 0 Å². The lowest BCUT2D eigenvalue weighted by Gasteiger charge is -2.29. The van der Waals surface area contributed by atoms with E-state index in [0.717, 1.165) is 5.92 Å². The van der Waals surface area contributed by atoms with Gasteiger partial charge in [0.25, 0.3) is 0 Å². The van der Waals surface area contributed by atoms with E-state index in [0.29, 0.717) is 5.92 Å². The fraction of sp³-hybridized carbons (Fsp3) is 0.667. The molecule has 0 aliphatic heterocycles. The van der Waals surface area contributed by atoms with Crippen LogP contribution in [0.25, 0.3) is 0 Å². The molecule has 1 fully saturated rings. The van der Waals surface area contributed by atoms with Gasteiger partial charge in [-0.2, -0.15) is 0 Å². The normalized spacial score (nSPS) is 29.0. The van der Waals surface area contributed by atoms with E-state index >= 15 is 0 Å². The Morgan fingerprint density at radius 1 is 1.33 bits per heavy atom. The van der Waals surface area contributed by atoms with Crippen molar-refractivity contribution in [3.8, 4) is 0 Å². The minimum Gasteiger partial charge on any atom is -0.132 e. The Hall–Kier alpha value is 0.470. The molecule has 1 saturated carbocycles. The van der Waals surface area contributed by atoms with Gasteiger partial charge in [-0.25, -0.2) is 0 Å². The SMILES string of the molecule is CC1CCC(C(Cl)c2ccc(Br)s2)CC1. The molecule has 0 nitrogen and oxygen atoms in total. The summed E-state index contributed by atoms with van der Waals surface area (Å²) in [5.41, 5.74) is 0. The second-order valence-electron chi connectivity index (χ2n) is 4.56. The Balaban J connectivity index is 1.99. The number of halogens is 2. The van der Waals surface area contributed by atoms with Gasteiger partial charge < -0.3 is 0 Å². The first-order valence-electron chi connectivity index (χ1n) is 5.56. The van der Waals surface area contributed by atoms with Crippen LogP contribution in [0.4, 0.5) is 0 Å². The van der Waals surface area contributed by atoms with Gasteiger partial charge in [0.1, 0.15) is 0 Å². The molecule has 1 aliphatic rings.